The normalized spacial score (nSPS) is 14.1. The zero-order valence-electron chi connectivity index (χ0n) is 15.6. The van der Waals surface area contributed by atoms with Gasteiger partial charge in [-0.2, -0.15) is 4.90 Å². The summed E-state index contributed by atoms with van der Waals surface area (Å²) in [5.41, 5.74) is 0.266. The summed E-state index contributed by atoms with van der Waals surface area (Å²) in [5, 5.41) is 0. The first-order chi connectivity index (χ1) is 11.4. The topological polar surface area (TPSA) is 72.9 Å². The van der Waals surface area contributed by atoms with E-state index in [1.54, 1.807) is 59.7 Å². The van der Waals surface area contributed by atoms with Gasteiger partial charge in [0.05, 0.1) is 5.69 Å². The molecule has 1 aliphatic carbocycles. The Labute approximate surface area is 148 Å². The Balaban J connectivity index is 2.39. The van der Waals surface area contributed by atoms with Gasteiger partial charge >= 0.3 is 12.2 Å². The van der Waals surface area contributed by atoms with Crippen LogP contribution in [0.2, 0.25) is 0 Å². The molecule has 136 valence electrons. The van der Waals surface area contributed by atoms with Gasteiger partial charge in [-0.05, 0) is 71.7 Å². The molecule has 0 unspecified atom stereocenters. The molecule has 0 atom stereocenters. The van der Waals surface area contributed by atoms with Crippen LogP contribution < -0.4 is 4.90 Å². The second-order valence-corrected chi connectivity index (χ2v) is 8.06. The Morgan fingerprint density at radius 3 is 1.92 bits per heavy atom. The summed E-state index contributed by atoms with van der Waals surface area (Å²) in [6.07, 6.45) is -0.590. The fourth-order valence-electron chi connectivity index (χ4n) is 2.48. The molecule has 1 aliphatic rings. The van der Waals surface area contributed by atoms with Crippen molar-refractivity contribution in [3.05, 3.63) is 29.3 Å². The lowest BCUT2D eigenvalue weighted by atomic mass is 10.1. The average molecular weight is 347 g/mol. The number of ether oxygens (including phenoxy) is 2. The Hall–Kier alpha value is -2.37. The number of fused-ring (bicyclic) bond motifs is 1. The lowest BCUT2D eigenvalue weighted by molar-refractivity contribution is 0.0430. The van der Waals surface area contributed by atoms with Gasteiger partial charge in [0.2, 0.25) is 0 Å². The number of benzene rings is 1. The van der Waals surface area contributed by atoms with E-state index in [1.807, 2.05) is 0 Å². The summed E-state index contributed by atoms with van der Waals surface area (Å²) >= 11 is 0. The molecule has 1 aromatic carbocycles. The molecule has 0 saturated heterocycles. The van der Waals surface area contributed by atoms with Crippen LogP contribution in [-0.4, -0.2) is 29.2 Å². The standard InChI is InChI=1S/C19H25NO5/c1-18(2,3)24-16(22)20(17(23)25-19(4,5)6)13-8-9-14-12(11-13)7-10-15(14)21/h8-9,11H,7,10H2,1-6H3. The van der Waals surface area contributed by atoms with E-state index in [1.165, 1.54) is 0 Å². The van der Waals surface area contributed by atoms with E-state index in [2.05, 4.69) is 0 Å². The third kappa shape index (κ3) is 4.81. The number of hydrogen-bond acceptors (Lipinski definition) is 5. The number of carbonyl (C=O) groups is 3. The van der Waals surface area contributed by atoms with Crippen molar-refractivity contribution >= 4 is 23.7 Å². The zero-order valence-corrected chi connectivity index (χ0v) is 15.6. The molecule has 25 heavy (non-hydrogen) atoms. The highest BCUT2D eigenvalue weighted by Crippen LogP contribution is 2.29. The number of nitrogens with zero attached hydrogens (tertiary/aromatic N) is 1. The van der Waals surface area contributed by atoms with Crippen LogP contribution in [0, 0.1) is 0 Å². The minimum absolute atomic E-state index is 0.0719. The fourth-order valence-corrected chi connectivity index (χ4v) is 2.48. The largest absolute Gasteiger partial charge is 0.443 e. The van der Waals surface area contributed by atoms with Crippen LogP contribution in [0.25, 0.3) is 0 Å². The van der Waals surface area contributed by atoms with Crippen LogP contribution in [0.15, 0.2) is 18.2 Å². The maximum atomic E-state index is 12.6. The first-order valence-corrected chi connectivity index (χ1v) is 8.29. The molecule has 2 amide bonds. The van der Waals surface area contributed by atoms with Gasteiger partial charge in [0, 0.05) is 12.0 Å². The number of aryl methyl sites for hydroxylation is 1. The molecule has 2 rings (SSSR count). The van der Waals surface area contributed by atoms with Crippen molar-refractivity contribution in [3.63, 3.8) is 0 Å². The van der Waals surface area contributed by atoms with Gasteiger partial charge in [0.1, 0.15) is 11.2 Å². The molecule has 0 aromatic heterocycles. The highest BCUT2D eigenvalue weighted by atomic mass is 16.6. The van der Waals surface area contributed by atoms with Crippen molar-refractivity contribution in [1.82, 2.24) is 0 Å². The third-order valence-electron chi connectivity index (χ3n) is 3.42. The number of amides is 2. The van der Waals surface area contributed by atoms with Gasteiger partial charge in [-0.15, -0.1) is 0 Å². The Bertz CT molecular complexity index is 682. The SMILES string of the molecule is CC(C)(C)OC(=O)N(C(=O)OC(C)(C)C)c1ccc2c(c1)CCC2=O. The fraction of sp³-hybridized carbons (Fsp3) is 0.526. The van der Waals surface area contributed by atoms with E-state index < -0.39 is 23.4 Å². The van der Waals surface area contributed by atoms with Crippen LogP contribution in [0.5, 0.6) is 0 Å². The Kier molecular flexibility index (Phi) is 4.93. The number of hydrogen-bond donors (Lipinski definition) is 0. The van der Waals surface area contributed by atoms with E-state index >= 15 is 0 Å². The van der Waals surface area contributed by atoms with Crippen LogP contribution in [0.4, 0.5) is 15.3 Å². The first-order valence-electron chi connectivity index (χ1n) is 8.29. The second kappa shape index (κ2) is 6.50. The zero-order chi connectivity index (χ0) is 19.0. The molecular formula is C19H25NO5. The van der Waals surface area contributed by atoms with Gasteiger partial charge in [-0.3, -0.25) is 4.79 Å². The molecule has 0 saturated carbocycles. The quantitative estimate of drug-likeness (QED) is 0.748. The maximum absolute atomic E-state index is 12.6. The van der Waals surface area contributed by atoms with Crippen molar-refractivity contribution in [2.75, 3.05) is 4.90 Å². The summed E-state index contributed by atoms with van der Waals surface area (Å²) in [6, 6.07) is 4.88. The van der Waals surface area contributed by atoms with Crippen LogP contribution >= 0.6 is 0 Å². The minimum Gasteiger partial charge on any atom is -0.443 e. The lowest BCUT2D eigenvalue weighted by Crippen LogP contribution is -2.43. The number of anilines is 1. The molecule has 0 aliphatic heterocycles. The average Bonchev–Trinajstić information content (AvgIpc) is 2.76. The highest BCUT2D eigenvalue weighted by molar-refractivity contribution is 6.10. The van der Waals surface area contributed by atoms with E-state index in [0.29, 0.717) is 24.1 Å². The molecule has 6 heteroatoms. The minimum atomic E-state index is -0.814. The van der Waals surface area contributed by atoms with E-state index in [4.69, 9.17) is 9.47 Å². The monoisotopic (exact) mass is 347 g/mol. The summed E-state index contributed by atoms with van der Waals surface area (Å²) in [5.74, 6) is 0.0719. The van der Waals surface area contributed by atoms with Crippen LogP contribution in [0.3, 0.4) is 0 Å². The molecule has 6 nitrogen and oxygen atoms in total. The third-order valence-corrected chi connectivity index (χ3v) is 3.42. The Morgan fingerprint density at radius 2 is 1.44 bits per heavy atom. The smallest absolute Gasteiger partial charge is 0.424 e. The van der Waals surface area contributed by atoms with Gasteiger partial charge in [-0.1, -0.05) is 0 Å². The van der Waals surface area contributed by atoms with Crippen molar-refractivity contribution in [1.29, 1.82) is 0 Å². The highest BCUT2D eigenvalue weighted by Gasteiger charge is 2.33. The maximum Gasteiger partial charge on any atom is 0.424 e. The number of rotatable bonds is 1. The first kappa shape index (κ1) is 19.0. The number of carbonyl (C=O) groups excluding carboxylic acids is 3. The van der Waals surface area contributed by atoms with Crippen LogP contribution in [-0.2, 0) is 15.9 Å². The lowest BCUT2D eigenvalue weighted by Gasteiger charge is -2.28. The summed E-state index contributed by atoms with van der Waals surface area (Å²) < 4.78 is 10.7. The van der Waals surface area contributed by atoms with Crippen molar-refractivity contribution < 1.29 is 23.9 Å². The van der Waals surface area contributed by atoms with E-state index in [9.17, 15) is 14.4 Å². The van der Waals surface area contributed by atoms with Crippen molar-refractivity contribution in [3.8, 4) is 0 Å². The van der Waals surface area contributed by atoms with Gasteiger partial charge < -0.3 is 9.47 Å². The summed E-state index contributed by atoms with van der Waals surface area (Å²) in [4.78, 5) is 37.8. The van der Waals surface area contributed by atoms with Crippen molar-refractivity contribution in [2.45, 2.75) is 65.6 Å². The van der Waals surface area contributed by atoms with Gasteiger partial charge in [-0.25, -0.2) is 9.59 Å². The molecule has 0 fully saturated rings. The number of Topliss-reactive ketones (excluding diaryl/α,β-unsaturated/α-hetero) is 1. The second-order valence-electron chi connectivity index (χ2n) is 8.06. The van der Waals surface area contributed by atoms with Gasteiger partial charge in [0.25, 0.3) is 0 Å². The summed E-state index contributed by atoms with van der Waals surface area (Å²) in [6.45, 7) is 10.3. The van der Waals surface area contributed by atoms with E-state index in [-0.39, 0.29) is 5.78 Å². The predicted molar refractivity (Wildman–Crippen MR) is 94.0 cm³/mol. The van der Waals surface area contributed by atoms with Crippen molar-refractivity contribution in [2.24, 2.45) is 0 Å². The van der Waals surface area contributed by atoms with Crippen LogP contribution in [0.1, 0.15) is 63.9 Å². The molecule has 0 radical (unpaired) electrons. The molecule has 0 heterocycles. The summed E-state index contributed by atoms with van der Waals surface area (Å²) in [7, 11) is 0. The number of imide groups is 1. The number of ketones is 1. The molecule has 0 bridgehead atoms. The predicted octanol–water partition coefficient (Wildman–Crippen LogP) is 4.49. The van der Waals surface area contributed by atoms with Gasteiger partial charge in [0.15, 0.2) is 5.78 Å². The molecule has 0 spiro atoms. The molecule has 1 aromatic rings. The molecule has 0 N–H and O–H groups in total. The molecular weight excluding hydrogens is 322 g/mol. The van der Waals surface area contributed by atoms with E-state index in [0.717, 1.165) is 10.5 Å². The Morgan fingerprint density at radius 1 is 0.920 bits per heavy atom.